The lowest BCUT2D eigenvalue weighted by Crippen LogP contribution is -2.26. The number of nitrogens with one attached hydrogen (secondary N) is 2. The summed E-state index contributed by atoms with van der Waals surface area (Å²) >= 11 is 0. The van der Waals surface area contributed by atoms with Gasteiger partial charge in [0.2, 0.25) is 0 Å². The quantitative estimate of drug-likeness (QED) is 0.342. The molecule has 0 bridgehead atoms. The summed E-state index contributed by atoms with van der Waals surface area (Å²) in [4.78, 5) is 10.9. The number of hydrogen-bond acceptors (Lipinski definition) is 4. The molecule has 3 rings (SSSR count). The molecule has 3 aromatic rings. The highest BCUT2D eigenvalue weighted by molar-refractivity contribution is 6.02. The van der Waals surface area contributed by atoms with Crippen molar-refractivity contribution in [2.45, 2.75) is 40.2 Å². The summed E-state index contributed by atoms with van der Waals surface area (Å²) in [6.07, 6.45) is 10.2. The molecule has 5 heteroatoms. The highest BCUT2D eigenvalue weighted by atomic mass is 15.1. The third kappa shape index (κ3) is 5.79. The van der Waals surface area contributed by atoms with Gasteiger partial charge in [0.15, 0.2) is 0 Å². The Morgan fingerprint density at radius 3 is 2.71 bits per heavy atom. The fraction of sp³-hybridized carbons (Fsp3) is 0.269. The van der Waals surface area contributed by atoms with E-state index in [0.29, 0.717) is 17.7 Å². The molecule has 0 fully saturated rings. The average molecular weight is 414 g/mol. The summed E-state index contributed by atoms with van der Waals surface area (Å²) in [5.41, 5.74) is 4.58. The van der Waals surface area contributed by atoms with Crippen LogP contribution in [-0.4, -0.2) is 33.3 Å². The number of pyridine rings is 2. The standard InChI is InChI=1S/C26H31N5/c1-6-31(18(2)3)12-10-19(4)13-25(27)30-26-15-23-14-21(7-8-22(23)16-29-26)24-17-28-11-9-20(24)5/h6-9,11,13-18H,1,10,12H2,2-5H3,(H2,27,29,30)/b19-13+. The van der Waals surface area contributed by atoms with Crippen LogP contribution in [0, 0.1) is 12.3 Å². The van der Waals surface area contributed by atoms with Gasteiger partial charge in [-0.3, -0.25) is 10.4 Å². The first-order valence-electron chi connectivity index (χ1n) is 10.6. The van der Waals surface area contributed by atoms with Crippen LogP contribution in [0.1, 0.15) is 32.8 Å². The predicted molar refractivity (Wildman–Crippen MR) is 131 cm³/mol. The average Bonchev–Trinajstić information content (AvgIpc) is 2.73. The maximum Gasteiger partial charge on any atom is 0.132 e. The molecule has 160 valence electrons. The number of aryl methyl sites for hydroxylation is 1. The third-order valence-electron chi connectivity index (χ3n) is 5.39. The minimum Gasteiger partial charge on any atom is -0.375 e. The van der Waals surface area contributed by atoms with Gasteiger partial charge in [-0.05, 0) is 81.1 Å². The highest BCUT2D eigenvalue weighted by Crippen LogP contribution is 2.27. The summed E-state index contributed by atoms with van der Waals surface area (Å²) in [6, 6.07) is 10.7. The fourth-order valence-electron chi connectivity index (χ4n) is 3.50. The van der Waals surface area contributed by atoms with Crippen LogP contribution in [0.3, 0.4) is 0 Å². The van der Waals surface area contributed by atoms with Crippen LogP contribution in [0.25, 0.3) is 21.9 Å². The molecule has 1 aromatic carbocycles. The molecule has 0 radical (unpaired) electrons. The SMILES string of the molecule is C=CN(CC/C(C)=C/C(=N)Nc1cc2cc(-c3cnccc3C)ccc2cn1)C(C)C. The predicted octanol–water partition coefficient (Wildman–Crippen LogP) is 6.18. The van der Waals surface area contributed by atoms with E-state index in [4.69, 9.17) is 5.41 Å². The van der Waals surface area contributed by atoms with Crippen molar-refractivity contribution < 1.29 is 0 Å². The van der Waals surface area contributed by atoms with E-state index in [-0.39, 0.29) is 0 Å². The lowest BCUT2D eigenvalue weighted by atomic mass is 10.0. The highest BCUT2D eigenvalue weighted by Gasteiger charge is 2.06. The Labute approximate surface area is 185 Å². The van der Waals surface area contributed by atoms with Crippen molar-refractivity contribution in [3.63, 3.8) is 0 Å². The molecular formula is C26H31N5. The number of aromatic nitrogens is 2. The van der Waals surface area contributed by atoms with Crippen LogP contribution in [0.2, 0.25) is 0 Å². The molecule has 2 heterocycles. The molecule has 2 aromatic heterocycles. The van der Waals surface area contributed by atoms with E-state index < -0.39 is 0 Å². The van der Waals surface area contributed by atoms with E-state index in [1.165, 1.54) is 5.56 Å². The second-order valence-electron chi connectivity index (χ2n) is 8.12. The van der Waals surface area contributed by atoms with Gasteiger partial charge < -0.3 is 10.2 Å². The van der Waals surface area contributed by atoms with Gasteiger partial charge in [0.25, 0.3) is 0 Å². The second kappa shape index (κ2) is 10.0. The van der Waals surface area contributed by atoms with Gasteiger partial charge in [-0.25, -0.2) is 4.98 Å². The zero-order chi connectivity index (χ0) is 22.4. The van der Waals surface area contributed by atoms with Crippen LogP contribution in [0.5, 0.6) is 0 Å². The number of fused-ring (bicyclic) bond motifs is 1. The summed E-state index contributed by atoms with van der Waals surface area (Å²) in [5, 5.41) is 13.6. The van der Waals surface area contributed by atoms with Crippen LogP contribution < -0.4 is 5.32 Å². The first kappa shape index (κ1) is 22.2. The molecule has 0 saturated heterocycles. The molecule has 0 aliphatic heterocycles. The van der Waals surface area contributed by atoms with Crippen molar-refractivity contribution in [3.8, 4) is 11.1 Å². The molecule has 0 aliphatic rings. The molecule has 0 unspecified atom stereocenters. The molecule has 2 N–H and O–H groups in total. The molecule has 0 amide bonds. The van der Waals surface area contributed by atoms with Crippen molar-refractivity contribution in [1.82, 2.24) is 14.9 Å². The normalized spacial score (nSPS) is 11.6. The Hall–Kier alpha value is -3.47. The minimum atomic E-state index is 0.332. The van der Waals surface area contributed by atoms with Crippen molar-refractivity contribution in [3.05, 3.63) is 78.9 Å². The number of anilines is 1. The Kier molecular flexibility index (Phi) is 7.19. The Balaban J connectivity index is 1.73. The van der Waals surface area contributed by atoms with Gasteiger partial charge in [-0.2, -0.15) is 0 Å². The lowest BCUT2D eigenvalue weighted by molar-refractivity contribution is 0.315. The van der Waals surface area contributed by atoms with Gasteiger partial charge >= 0.3 is 0 Å². The second-order valence-corrected chi connectivity index (χ2v) is 8.12. The van der Waals surface area contributed by atoms with Gasteiger partial charge in [0.05, 0.1) is 0 Å². The Bertz CT molecular complexity index is 1110. The van der Waals surface area contributed by atoms with Crippen LogP contribution in [0.15, 0.2) is 73.4 Å². The van der Waals surface area contributed by atoms with Crippen LogP contribution >= 0.6 is 0 Å². The Morgan fingerprint density at radius 2 is 2.00 bits per heavy atom. The number of amidine groups is 1. The minimum absolute atomic E-state index is 0.332. The fourth-order valence-corrected chi connectivity index (χ4v) is 3.50. The van der Waals surface area contributed by atoms with E-state index in [1.807, 2.05) is 49.9 Å². The molecule has 5 nitrogen and oxygen atoms in total. The topological polar surface area (TPSA) is 64.9 Å². The number of nitrogens with zero attached hydrogens (tertiary/aromatic N) is 3. The van der Waals surface area contributed by atoms with E-state index in [0.717, 1.165) is 40.4 Å². The summed E-state index contributed by atoms with van der Waals surface area (Å²) in [5.74, 6) is 0.995. The van der Waals surface area contributed by atoms with Crippen molar-refractivity contribution in [2.24, 2.45) is 0 Å². The molecule has 0 atom stereocenters. The molecule has 31 heavy (non-hydrogen) atoms. The van der Waals surface area contributed by atoms with Crippen LogP contribution in [-0.2, 0) is 0 Å². The van der Waals surface area contributed by atoms with Crippen molar-refractivity contribution in [2.75, 3.05) is 11.9 Å². The van der Waals surface area contributed by atoms with Crippen molar-refractivity contribution >= 4 is 22.4 Å². The molecule has 0 aliphatic carbocycles. The largest absolute Gasteiger partial charge is 0.375 e. The summed E-state index contributed by atoms with van der Waals surface area (Å²) in [7, 11) is 0. The number of benzene rings is 1. The lowest BCUT2D eigenvalue weighted by Gasteiger charge is -2.24. The first-order chi connectivity index (χ1) is 14.9. The van der Waals surface area contributed by atoms with E-state index in [1.54, 1.807) is 0 Å². The van der Waals surface area contributed by atoms with Gasteiger partial charge in [-0.15, -0.1) is 0 Å². The third-order valence-corrected chi connectivity index (χ3v) is 5.39. The van der Waals surface area contributed by atoms with Gasteiger partial charge in [-0.1, -0.05) is 24.3 Å². The smallest absolute Gasteiger partial charge is 0.132 e. The zero-order valence-electron chi connectivity index (χ0n) is 18.8. The Morgan fingerprint density at radius 1 is 1.19 bits per heavy atom. The maximum absolute atomic E-state index is 8.32. The monoisotopic (exact) mass is 413 g/mol. The molecule has 0 saturated carbocycles. The van der Waals surface area contributed by atoms with Crippen LogP contribution in [0.4, 0.5) is 5.82 Å². The zero-order valence-corrected chi connectivity index (χ0v) is 18.8. The maximum atomic E-state index is 8.32. The summed E-state index contributed by atoms with van der Waals surface area (Å²) < 4.78 is 0. The first-order valence-corrected chi connectivity index (χ1v) is 10.6. The van der Waals surface area contributed by atoms with E-state index >= 15 is 0 Å². The van der Waals surface area contributed by atoms with Crippen molar-refractivity contribution in [1.29, 1.82) is 5.41 Å². The summed E-state index contributed by atoms with van der Waals surface area (Å²) in [6.45, 7) is 13.2. The molecule has 0 spiro atoms. The number of hydrogen-bond donors (Lipinski definition) is 2. The molecular weight excluding hydrogens is 382 g/mol. The number of rotatable bonds is 8. The van der Waals surface area contributed by atoms with Gasteiger partial charge in [0.1, 0.15) is 11.7 Å². The van der Waals surface area contributed by atoms with E-state index in [2.05, 4.69) is 65.7 Å². The van der Waals surface area contributed by atoms with E-state index in [9.17, 15) is 0 Å². The van der Waals surface area contributed by atoms with Gasteiger partial charge in [0, 0.05) is 42.1 Å².